The Balaban J connectivity index is 2.20. The molecule has 0 fully saturated rings. The molecule has 3 N–H and O–H groups in total. The minimum Gasteiger partial charge on any atom is -0.485 e. The summed E-state index contributed by atoms with van der Waals surface area (Å²) in [4.78, 5) is 24.4. The maximum absolute atomic E-state index is 13.9. The number of carbonyl (C=O) groups is 1. The number of ketones is 1. The number of nitrogens with two attached hydrogens (primary N) is 1. The first-order chi connectivity index (χ1) is 17.7. The zero-order chi connectivity index (χ0) is 28.6. The van der Waals surface area contributed by atoms with Crippen molar-refractivity contribution in [2.24, 2.45) is 10.7 Å². The molecule has 10 heteroatoms. The number of rotatable bonds is 11. The minimum absolute atomic E-state index is 0.0748. The first-order valence-electron chi connectivity index (χ1n) is 11.9. The molecule has 7 nitrogen and oxygen atoms in total. The maximum atomic E-state index is 13.9. The summed E-state index contributed by atoms with van der Waals surface area (Å²) in [6.07, 6.45) is 7.07. The van der Waals surface area contributed by atoms with Crippen molar-refractivity contribution >= 4 is 28.9 Å². The SMILES string of the molecule is CC(=O)/C(Cl)=C(\C=C(\C)CCc1cc(N=C(C)/C=C(\N)C(C)(C)O)ncc1C)OCc1ncc(F)cc1F. The quantitative estimate of drug-likeness (QED) is 0.157. The van der Waals surface area contributed by atoms with Crippen LogP contribution in [0.3, 0.4) is 0 Å². The number of hydrogen-bond acceptors (Lipinski definition) is 7. The fourth-order valence-electron chi connectivity index (χ4n) is 3.16. The van der Waals surface area contributed by atoms with Crippen LogP contribution in [0.25, 0.3) is 0 Å². The van der Waals surface area contributed by atoms with Crippen LogP contribution in [0.4, 0.5) is 14.6 Å². The monoisotopic (exact) mass is 546 g/mol. The number of aliphatic imine (C=N–C) groups is 1. The van der Waals surface area contributed by atoms with Crippen LogP contribution in [-0.2, 0) is 22.6 Å². The predicted octanol–water partition coefficient (Wildman–Crippen LogP) is 5.90. The Bertz CT molecular complexity index is 1310. The summed E-state index contributed by atoms with van der Waals surface area (Å²) < 4.78 is 32.7. The Labute approximate surface area is 226 Å². The van der Waals surface area contributed by atoms with E-state index in [1.54, 1.807) is 39.1 Å². The molecular formula is C28H33ClF2N4O3. The molecule has 0 aliphatic heterocycles. The van der Waals surface area contributed by atoms with Crippen LogP contribution in [0.2, 0.25) is 0 Å². The average molecular weight is 547 g/mol. The number of nitrogens with zero attached hydrogens (tertiary/aromatic N) is 3. The molecule has 0 saturated heterocycles. The maximum Gasteiger partial charge on any atom is 0.174 e. The van der Waals surface area contributed by atoms with Crippen LogP contribution < -0.4 is 5.73 Å². The molecule has 2 heterocycles. The number of aryl methyl sites for hydroxylation is 2. The topological polar surface area (TPSA) is 111 Å². The van der Waals surface area contributed by atoms with Gasteiger partial charge in [0.25, 0.3) is 0 Å². The van der Waals surface area contributed by atoms with Gasteiger partial charge in [0.2, 0.25) is 0 Å². The van der Waals surface area contributed by atoms with Gasteiger partial charge in [0.15, 0.2) is 17.4 Å². The molecule has 2 aromatic rings. The molecule has 2 aromatic heterocycles. The van der Waals surface area contributed by atoms with E-state index in [1.165, 1.54) is 6.92 Å². The zero-order valence-electron chi connectivity index (χ0n) is 22.4. The van der Waals surface area contributed by atoms with Crippen LogP contribution >= 0.6 is 11.6 Å². The van der Waals surface area contributed by atoms with Gasteiger partial charge < -0.3 is 15.6 Å². The second-order valence-corrected chi connectivity index (χ2v) is 9.85. The molecule has 0 saturated carbocycles. The summed E-state index contributed by atoms with van der Waals surface area (Å²) in [6, 6.07) is 2.58. The number of aromatic nitrogens is 2. The van der Waals surface area contributed by atoms with Gasteiger partial charge in [-0.15, -0.1) is 0 Å². The molecule has 0 aliphatic carbocycles. The van der Waals surface area contributed by atoms with Gasteiger partial charge in [0, 0.05) is 30.6 Å². The summed E-state index contributed by atoms with van der Waals surface area (Å²) in [5.74, 6) is -1.50. The van der Waals surface area contributed by atoms with Crippen molar-refractivity contribution in [1.82, 2.24) is 9.97 Å². The number of allylic oxidation sites excluding steroid dienone is 4. The number of pyridine rings is 2. The van der Waals surface area contributed by atoms with E-state index in [4.69, 9.17) is 22.1 Å². The van der Waals surface area contributed by atoms with Gasteiger partial charge in [-0.3, -0.25) is 9.78 Å². The van der Waals surface area contributed by atoms with Crippen LogP contribution in [0.15, 0.2) is 63.7 Å². The molecule has 2 rings (SSSR count). The van der Waals surface area contributed by atoms with Crippen molar-refractivity contribution in [2.45, 2.75) is 66.6 Å². The minimum atomic E-state index is -1.15. The normalized spacial score (nSPS) is 13.9. The van der Waals surface area contributed by atoms with Gasteiger partial charge in [-0.05, 0) is 76.8 Å². The van der Waals surface area contributed by atoms with Gasteiger partial charge in [0.1, 0.15) is 28.9 Å². The second-order valence-electron chi connectivity index (χ2n) is 9.48. The predicted molar refractivity (Wildman–Crippen MR) is 145 cm³/mol. The fourth-order valence-corrected chi connectivity index (χ4v) is 3.27. The van der Waals surface area contributed by atoms with Gasteiger partial charge in [-0.25, -0.2) is 18.8 Å². The highest BCUT2D eigenvalue weighted by Gasteiger charge is 2.16. The molecule has 0 aromatic carbocycles. The van der Waals surface area contributed by atoms with E-state index >= 15 is 0 Å². The van der Waals surface area contributed by atoms with E-state index in [0.717, 1.165) is 22.9 Å². The lowest BCUT2D eigenvalue weighted by atomic mass is 10.0. The third kappa shape index (κ3) is 9.46. The number of ether oxygens (including phenoxy) is 1. The summed E-state index contributed by atoms with van der Waals surface area (Å²) in [6.45, 7) is 9.72. The zero-order valence-corrected chi connectivity index (χ0v) is 23.2. The van der Waals surface area contributed by atoms with Crippen molar-refractivity contribution in [3.05, 3.63) is 87.2 Å². The van der Waals surface area contributed by atoms with Crippen LogP contribution in [0, 0.1) is 18.6 Å². The van der Waals surface area contributed by atoms with Crippen molar-refractivity contribution in [3.8, 4) is 0 Å². The Morgan fingerprint density at radius 3 is 2.47 bits per heavy atom. The lowest BCUT2D eigenvalue weighted by Gasteiger charge is -2.17. The lowest BCUT2D eigenvalue weighted by molar-refractivity contribution is -0.113. The molecule has 0 atom stereocenters. The fraction of sp³-hybridized carbons (Fsp3) is 0.357. The summed E-state index contributed by atoms with van der Waals surface area (Å²) in [5.41, 5.74) is 8.38. The average Bonchev–Trinajstić information content (AvgIpc) is 2.81. The molecule has 0 spiro atoms. The first kappa shape index (κ1) is 30.8. The Morgan fingerprint density at radius 1 is 1.18 bits per heavy atom. The van der Waals surface area contributed by atoms with Crippen LogP contribution in [0.1, 0.15) is 57.9 Å². The number of carbonyl (C=O) groups excluding carboxylic acids is 1. The molecule has 0 radical (unpaired) electrons. The number of halogens is 3. The number of Topliss-reactive ketones (excluding diaryl/α,β-unsaturated/α-hetero) is 1. The van der Waals surface area contributed by atoms with E-state index in [9.17, 15) is 18.7 Å². The van der Waals surface area contributed by atoms with Gasteiger partial charge in [0.05, 0.1) is 11.8 Å². The van der Waals surface area contributed by atoms with Crippen molar-refractivity contribution in [2.75, 3.05) is 0 Å². The third-order valence-electron chi connectivity index (χ3n) is 5.50. The summed E-state index contributed by atoms with van der Waals surface area (Å²) in [7, 11) is 0. The molecule has 0 bridgehead atoms. The molecule has 0 aliphatic rings. The van der Waals surface area contributed by atoms with Gasteiger partial charge in [-0.1, -0.05) is 17.2 Å². The van der Waals surface area contributed by atoms with Crippen LogP contribution in [0.5, 0.6) is 0 Å². The smallest absolute Gasteiger partial charge is 0.174 e. The Morgan fingerprint density at radius 2 is 1.87 bits per heavy atom. The highest BCUT2D eigenvalue weighted by Crippen LogP contribution is 2.22. The van der Waals surface area contributed by atoms with Crippen molar-refractivity contribution < 1.29 is 23.4 Å². The van der Waals surface area contributed by atoms with Gasteiger partial charge >= 0.3 is 0 Å². The number of hydrogen-bond donors (Lipinski definition) is 2. The van der Waals surface area contributed by atoms with Gasteiger partial charge in [-0.2, -0.15) is 0 Å². The largest absolute Gasteiger partial charge is 0.485 e. The van der Waals surface area contributed by atoms with Crippen molar-refractivity contribution in [1.29, 1.82) is 0 Å². The molecular weight excluding hydrogens is 514 g/mol. The first-order valence-corrected chi connectivity index (χ1v) is 12.3. The number of aliphatic hydroxyl groups is 1. The van der Waals surface area contributed by atoms with E-state index in [1.807, 2.05) is 19.9 Å². The summed E-state index contributed by atoms with van der Waals surface area (Å²) >= 11 is 6.17. The third-order valence-corrected chi connectivity index (χ3v) is 5.95. The van der Waals surface area contributed by atoms with Crippen LogP contribution in [-0.4, -0.2) is 32.2 Å². The standard InChI is InChI=1S/C28H33ClF2N4O3/c1-16(9-24(27(29)19(4)36)38-15-23-22(31)12-21(30)14-33-23)7-8-20-11-26(34-13-17(20)2)35-18(3)10-25(32)28(5,6)37/h9-14,37H,7-8,15,32H2,1-6H3/b16-9-,25-10-,27-24-,35-18?. The molecule has 204 valence electrons. The second kappa shape index (κ2) is 13.4. The van der Waals surface area contributed by atoms with Crippen molar-refractivity contribution in [3.63, 3.8) is 0 Å². The molecule has 0 unspecified atom stereocenters. The van der Waals surface area contributed by atoms with E-state index < -0.39 is 23.0 Å². The molecule has 38 heavy (non-hydrogen) atoms. The highest BCUT2D eigenvalue weighted by molar-refractivity contribution is 6.42. The molecule has 0 amide bonds. The van der Waals surface area contributed by atoms with E-state index in [2.05, 4.69) is 15.0 Å². The lowest BCUT2D eigenvalue weighted by Crippen LogP contribution is -2.28. The van der Waals surface area contributed by atoms with E-state index in [-0.39, 0.29) is 23.1 Å². The Kier molecular flexibility index (Phi) is 10.9. The summed E-state index contributed by atoms with van der Waals surface area (Å²) in [5, 5.41) is 9.86. The highest BCUT2D eigenvalue weighted by atomic mass is 35.5. The Hall–Kier alpha value is -3.43. The van der Waals surface area contributed by atoms with E-state index in [0.29, 0.717) is 36.1 Å².